The van der Waals surface area contributed by atoms with Gasteiger partial charge in [-0.15, -0.1) is 0 Å². The molecule has 1 aliphatic rings. The van der Waals surface area contributed by atoms with Gasteiger partial charge in [-0.25, -0.2) is 4.79 Å². The highest BCUT2D eigenvalue weighted by atomic mass is 19.4. The summed E-state index contributed by atoms with van der Waals surface area (Å²) in [5.41, 5.74) is 1.02. The molecule has 0 unspecified atom stereocenters. The summed E-state index contributed by atoms with van der Waals surface area (Å²) in [5, 5.41) is 2.71. The Bertz CT molecular complexity index is 833. The van der Waals surface area contributed by atoms with Crippen molar-refractivity contribution in [2.45, 2.75) is 12.7 Å². The van der Waals surface area contributed by atoms with Gasteiger partial charge < -0.3 is 10.2 Å². The number of carbonyl (C=O) groups is 2. The van der Waals surface area contributed by atoms with E-state index in [0.717, 1.165) is 12.1 Å². The zero-order valence-electron chi connectivity index (χ0n) is 14.6. The molecule has 0 spiro atoms. The highest BCUT2D eigenvalue weighted by Crippen LogP contribution is 2.29. The van der Waals surface area contributed by atoms with Crippen molar-refractivity contribution in [3.63, 3.8) is 0 Å². The molecular formula is C19H18F3N3O2. The lowest BCUT2D eigenvalue weighted by Crippen LogP contribution is -2.28. The van der Waals surface area contributed by atoms with E-state index in [1.807, 2.05) is 0 Å². The van der Waals surface area contributed by atoms with Crippen LogP contribution in [0.3, 0.4) is 0 Å². The molecule has 8 heteroatoms. The largest absolute Gasteiger partial charge is 0.416 e. The van der Waals surface area contributed by atoms with Crippen LogP contribution in [-0.2, 0) is 12.7 Å². The fourth-order valence-electron chi connectivity index (χ4n) is 2.87. The maximum absolute atomic E-state index is 12.6. The molecule has 3 rings (SSSR count). The lowest BCUT2D eigenvalue weighted by Gasteiger charge is -2.19. The molecule has 1 fully saturated rings. The highest BCUT2D eigenvalue weighted by Gasteiger charge is 2.30. The normalized spacial score (nSPS) is 14.2. The third kappa shape index (κ3) is 4.21. The Morgan fingerprint density at radius 2 is 1.74 bits per heavy atom. The SMILES string of the molecule is CN(Cc1ccc(C(F)(F)F)cc1)C(=O)c1ccc(N2CCNC2=O)cc1. The van der Waals surface area contributed by atoms with Gasteiger partial charge in [0.1, 0.15) is 0 Å². The first-order valence-corrected chi connectivity index (χ1v) is 8.33. The zero-order chi connectivity index (χ0) is 19.6. The summed E-state index contributed by atoms with van der Waals surface area (Å²) in [6.07, 6.45) is -4.38. The van der Waals surface area contributed by atoms with Crippen LogP contribution in [0.4, 0.5) is 23.7 Å². The van der Waals surface area contributed by atoms with Gasteiger partial charge >= 0.3 is 12.2 Å². The Labute approximate surface area is 154 Å². The molecule has 1 N–H and O–H groups in total. The summed E-state index contributed by atoms with van der Waals surface area (Å²) in [5.74, 6) is -0.257. The fraction of sp³-hybridized carbons (Fsp3) is 0.263. The molecule has 5 nitrogen and oxygen atoms in total. The number of anilines is 1. The predicted octanol–water partition coefficient (Wildman–Crippen LogP) is 3.51. The van der Waals surface area contributed by atoms with Crippen molar-refractivity contribution in [2.24, 2.45) is 0 Å². The molecule has 3 amide bonds. The van der Waals surface area contributed by atoms with Gasteiger partial charge in [-0.05, 0) is 42.0 Å². The monoisotopic (exact) mass is 377 g/mol. The number of carbonyl (C=O) groups excluding carboxylic acids is 2. The number of benzene rings is 2. The molecule has 1 saturated heterocycles. The van der Waals surface area contributed by atoms with Gasteiger partial charge in [0.25, 0.3) is 5.91 Å². The molecule has 0 aliphatic carbocycles. The average molecular weight is 377 g/mol. The van der Waals surface area contributed by atoms with Crippen LogP contribution in [0, 0.1) is 0 Å². The number of halogens is 3. The zero-order valence-corrected chi connectivity index (χ0v) is 14.6. The van der Waals surface area contributed by atoms with E-state index in [0.29, 0.717) is 29.9 Å². The number of rotatable bonds is 4. The van der Waals surface area contributed by atoms with Crippen LogP contribution in [0.15, 0.2) is 48.5 Å². The van der Waals surface area contributed by atoms with E-state index in [-0.39, 0.29) is 18.5 Å². The molecule has 2 aromatic rings. The molecule has 1 heterocycles. The maximum Gasteiger partial charge on any atom is 0.416 e. The van der Waals surface area contributed by atoms with Crippen molar-refractivity contribution in [3.05, 3.63) is 65.2 Å². The highest BCUT2D eigenvalue weighted by molar-refractivity contribution is 5.96. The van der Waals surface area contributed by atoms with E-state index in [1.54, 1.807) is 36.2 Å². The van der Waals surface area contributed by atoms with Gasteiger partial charge in [-0.1, -0.05) is 12.1 Å². The van der Waals surface area contributed by atoms with E-state index in [4.69, 9.17) is 0 Å². The summed E-state index contributed by atoms with van der Waals surface area (Å²) in [6, 6.07) is 11.2. The van der Waals surface area contributed by atoms with Crippen LogP contribution in [0.5, 0.6) is 0 Å². The van der Waals surface area contributed by atoms with Crippen LogP contribution >= 0.6 is 0 Å². The molecule has 27 heavy (non-hydrogen) atoms. The quantitative estimate of drug-likeness (QED) is 0.887. The van der Waals surface area contributed by atoms with Gasteiger partial charge in [-0.3, -0.25) is 9.69 Å². The maximum atomic E-state index is 12.6. The van der Waals surface area contributed by atoms with Gasteiger partial charge in [0.05, 0.1) is 5.56 Å². The predicted molar refractivity (Wildman–Crippen MR) is 94.4 cm³/mol. The van der Waals surface area contributed by atoms with Crippen LogP contribution in [-0.4, -0.2) is 37.0 Å². The summed E-state index contributed by atoms with van der Waals surface area (Å²) >= 11 is 0. The third-order valence-electron chi connectivity index (χ3n) is 4.33. The number of hydrogen-bond acceptors (Lipinski definition) is 2. The first kappa shape index (κ1) is 18.8. The molecule has 1 aliphatic heterocycles. The number of nitrogens with one attached hydrogen (secondary N) is 1. The smallest absolute Gasteiger partial charge is 0.337 e. The van der Waals surface area contributed by atoms with Crippen molar-refractivity contribution < 1.29 is 22.8 Å². The first-order chi connectivity index (χ1) is 12.8. The summed E-state index contributed by atoms with van der Waals surface area (Å²) < 4.78 is 37.8. The number of nitrogens with zero attached hydrogens (tertiary/aromatic N) is 2. The molecule has 0 radical (unpaired) electrons. The van der Waals surface area contributed by atoms with Crippen molar-refractivity contribution in [2.75, 3.05) is 25.0 Å². The average Bonchev–Trinajstić information content (AvgIpc) is 3.07. The number of alkyl halides is 3. The second-order valence-corrected chi connectivity index (χ2v) is 6.29. The molecule has 2 aromatic carbocycles. The van der Waals surface area contributed by atoms with E-state index in [9.17, 15) is 22.8 Å². The van der Waals surface area contributed by atoms with Crippen LogP contribution in [0.2, 0.25) is 0 Å². The molecule has 0 aromatic heterocycles. The van der Waals surface area contributed by atoms with Crippen molar-refractivity contribution >= 4 is 17.6 Å². The van der Waals surface area contributed by atoms with Gasteiger partial charge in [0.2, 0.25) is 0 Å². The van der Waals surface area contributed by atoms with E-state index in [2.05, 4.69) is 5.32 Å². The Morgan fingerprint density at radius 3 is 2.26 bits per heavy atom. The van der Waals surface area contributed by atoms with Crippen molar-refractivity contribution in [3.8, 4) is 0 Å². The lowest BCUT2D eigenvalue weighted by molar-refractivity contribution is -0.137. The number of urea groups is 1. The number of amides is 3. The van der Waals surface area contributed by atoms with Gasteiger partial charge in [-0.2, -0.15) is 13.2 Å². The fourth-order valence-corrected chi connectivity index (χ4v) is 2.87. The molecular weight excluding hydrogens is 359 g/mol. The van der Waals surface area contributed by atoms with Crippen molar-refractivity contribution in [1.29, 1.82) is 0 Å². The molecule has 142 valence electrons. The van der Waals surface area contributed by atoms with Crippen LogP contribution in [0.1, 0.15) is 21.5 Å². The Balaban J connectivity index is 1.65. The van der Waals surface area contributed by atoms with Gasteiger partial charge in [0, 0.05) is 37.9 Å². The summed E-state index contributed by atoms with van der Waals surface area (Å²) in [4.78, 5) is 27.2. The first-order valence-electron chi connectivity index (χ1n) is 8.33. The van der Waals surface area contributed by atoms with Crippen LogP contribution < -0.4 is 10.2 Å². The minimum absolute atomic E-state index is 0.173. The second-order valence-electron chi connectivity index (χ2n) is 6.29. The van der Waals surface area contributed by atoms with Crippen molar-refractivity contribution in [1.82, 2.24) is 10.2 Å². The second kappa shape index (κ2) is 7.30. The molecule has 0 bridgehead atoms. The summed E-state index contributed by atoms with van der Waals surface area (Å²) in [7, 11) is 1.59. The Morgan fingerprint density at radius 1 is 1.11 bits per heavy atom. The molecule has 0 saturated carbocycles. The topological polar surface area (TPSA) is 52.7 Å². The van der Waals surface area contributed by atoms with E-state index < -0.39 is 11.7 Å². The Kier molecular flexibility index (Phi) is 5.07. The van der Waals surface area contributed by atoms with E-state index in [1.165, 1.54) is 17.0 Å². The summed E-state index contributed by atoms with van der Waals surface area (Å²) in [6.45, 7) is 1.34. The minimum Gasteiger partial charge on any atom is -0.337 e. The van der Waals surface area contributed by atoms with Crippen LogP contribution in [0.25, 0.3) is 0 Å². The van der Waals surface area contributed by atoms with E-state index >= 15 is 0 Å². The third-order valence-corrected chi connectivity index (χ3v) is 4.33. The Hall–Kier alpha value is -3.03. The minimum atomic E-state index is -4.38. The lowest BCUT2D eigenvalue weighted by atomic mass is 10.1. The number of hydrogen-bond donors (Lipinski definition) is 1. The standard InChI is InChI=1S/C19H18F3N3O2/c1-24(12-13-2-6-15(7-3-13)19(20,21)22)17(26)14-4-8-16(9-5-14)25-11-10-23-18(25)27/h2-9H,10-12H2,1H3,(H,23,27). The van der Waals surface area contributed by atoms with Gasteiger partial charge in [0.15, 0.2) is 0 Å². The molecule has 0 atom stereocenters.